The van der Waals surface area contributed by atoms with E-state index in [4.69, 9.17) is 0 Å². The van der Waals surface area contributed by atoms with Gasteiger partial charge in [-0.1, -0.05) is 0 Å². The van der Waals surface area contributed by atoms with Crippen molar-refractivity contribution in [2.75, 3.05) is 0 Å². The van der Waals surface area contributed by atoms with E-state index in [9.17, 15) is 0 Å². The molecule has 42 valence electrons. The van der Waals surface area contributed by atoms with Crippen LogP contribution in [0.3, 0.4) is 0 Å². The number of rotatable bonds is 1. The number of H-pyrrole nitrogens is 1. The monoisotopic (exact) mass is 109 g/mol. The van der Waals surface area contributed by atoms with Gasteiger partial charge >= 0.3 is 0 Å². The van der Waals surface area contributed by atoms with Gasteiger partial charge in [-0.2, -0.15) is 0 Å². The second kappa shape index (κ2) is 2.26. The van der Waals surface area contributed by atoms with Gasteiger partial charge in [0.05, 0.1) is 12.5 Å². The molecule has 0 unspecified atom stereocenters. The van der Waals surface area contributed by atoms with Crippen molar-refractivity contribution < 1.29 is 0 Å². The fraction of sp³-hybridized carbons (Fsp3) is 0.200. The lowest BCUT2D eigenvalue weighted by atomic mass is 10.7. The predicted molar refractivity (Wildman–Crippen MR) is 32.4 cm³/mol. The quantitative estimate of drug-likeness (QED) is 0.539. The lowest BCUT2D eigenvalue weighted by Crippen LogP contribution is -1.59. The lowest BCUT2D eigenvalue weighted by Gasteiger charge is -1.76. The molecular weight excluding hydrogens is 102 g/mol. The highest BCUT2D eigenvalue weighted by Crippen LogP contribution is 2.00. The molecule has 1 rings (SSSR count). The van der Waals surface area contributed by atoms with Crippen molar-refractivity contribution in [3.8, 4) is 0 Å². The van der Waals surface area contributed by atoms with E-state index >= 15 is 0 Å². The zero-order valence-electron chi connectivity index (χ0n) is 4.63. The number of nitrogens with zero attached hydrogens (tertiary/aromatic N) is 2. The summed E-state index contributed by atoms with van der Waals surface area (Å²) >= 11 is 0. The van der Waals surface area contributed by atoms with Crippen LogP contribution in [0.5, 0.6) is 0 Å². The van der Waals surface area contributed by atoms with Gasteiger partial charge in [0.15, 0.2) is 0 Å². The first kappa shape index (κ1) is 5.03. The standard InChI is InChI=1S/C5H7N3/c1-2-7-5-3-6-4-8-5/h2-4H,1H3,(H,6,8). The van der Waals surface area contributed by atoms with Crippen molar-refractivity contribution in [1.82, 2.24) is 9.97 Å². The molecule has 1 N–H and O–H groups in total. The minimum atomic E-state index is 0.799. The van der Waals surface area contributed by atoms with Crippen molar-refractivity contribution in [1.29, 1.82) is 0 Å². The van der Waals surface area contributed by atoms with Crippen LogP contribution < -0.4 is 0 Å². The van der Waals surface area contributed by atoms with Gasteiger partial charge in [0.1, 0.15) is 5.82 Å². The van der Waals surface area contributed by atoms with Gasteiger partial charge in [-0.05, 0) is 6.92 Å². The number of aromatic amines is 1. The first-order valence-corrected chi connectivity index (χ1v) is 2.40. The molecule has 0 radical (unpaired) electrons. The molecule has 3 heteroatoms. The molecule has 0 saturated heterocycles. The summed E-state index contributed by atoms with van der Waals surface area (Å²) < 4.78 is 0. The molecule has 1 aromatic heterocycles. The second-order valence-corrected chi connectivity index (χ2v) is 1.32. The Kier molecular flexibility index (Phi) is 1.42. The molecule has 1 heterocycles. The summed E-state index contributed by atoms with van der Waals surface area (Å²) in [5.74, 6) is 0.799. The molecule has 0 fully saturated rings. The molecule has 0 aliphatic heterocycles. The van der Waals surface area contributed by atoms with Crippen LogP contribution in [-0.2, 0) is 0 Å². The van der Waals surface area contributed by atoms with Crippen LogP contribution in [0.25, 0.3) is 0 Å². The Bertz CT molecular complexity index is 164. The van der Waals surface area contributed by atoms with Crippen LogP contribution in [0.2, 0.25) is 0 Å². The Hall–Kier alpha value is -1.12. The zero-order valence-corrected chi connectivity index (χ0v) is 4.63. The van der Waals surface area contributed by atoms with Crippen molar-refractivity contribution in [2.24, 2.45) is 4.99 Å². The Labute approximate surface area is 47.5 Å². The van der Waals surface area contributed by atoms with Gasteiger partial charge in [0.25, 0.3) is 0 Å². The van der Waals surface area contributed by atoms with Gasteiger partial charge in [0, 0.05) is 6.21 Å². The number of hydrogen-bond donors (Lipinski definition) is 1. The third-order valence-electron chi connectivity index (χ3n) is 0.752. The van der Waals surface area contributed by atoms with E-state index in [1.165, 1.54) is 0 Å². The topological polar surface area (TPSA) is 41.0 Å². The minimum absolute atomic E-state index is 0.799. The Morgan fingerprint density at radius 3 is 3.25 bits per heavy atom. The predicted octanol–water partition coefficient (Wildman–Crippen LogP) is 1.13. The van der Waals surface area contributed by atoms with Crippen LogP contribution in [0.15, 0.2) is 17.5 Å². The summed E-state index contributed by atoms with van der Waals surface area (Å²) in [7, 11) is 0. The van der Waals surface area contributed by atoms with E-state index in [0.717, 1.165) is 5.82 Å². The van der Waals surface area contributed by atoms with Gasteiger partial charge in [-0.15, -0.1) is 0 Å². The zero-order chi connectivity index (χ0) is 5.82. The SMILES string of the molecule is CC=Nc1cnc[nH]1. The molecule has 0 bridgehead atoms. The molecule has 8 heavy (non-hydrogen) atoms. The summed E-state index contributed by atoms with van der Waals surface area (Å²) in [6.07, 6.45) is 4.98. The molecule has 0 saturated carbocycles. The number of nitrogens with one attached hydrogen (secondary N) is 1. The van der Waals surface area contributed by atoms with Crippen molar-refractivity contribution >= 4 is 12.0 Å². The summed E-state index contributed by atoms with van der Waals surface area (Å²) in [5.41, 5.74) is 0. The highest BCUT2D eigenvalue weighted by molar-refractivity contribution is 5.58. The van der Waals surface area contributed by atoms with E-state index in [1.54, 1.807) is 18.7 Å². The van der Waals surface area contributed by atoms with Crippen LogP contribution in [-0.4, -0.2) is 16.2 Å². The third-order valence-corrected chi connectivity index (χ3v) is 0.752. The maximum absolute atomic E-state index is 3.92. The largest absolute Gasteiger partial charge is 0.330 e. The average Bonchev–Trinajstić information content (AvgIpc) is 2.19. The van der Waals surface area contributed by atoms with Gasteiger partial charge in [-0.25, -0.2) is 9.98 Å². The summed E-state index contributed by atoms with van der Waals surface area (Å²) in [6, 6.07) is 0. The van der Waals surface area contributed by atoms with E-state index in [0.29, 0.717) is 0 Å². The summed E-state index contributed by atoms with van der Waals surface area (Å²) in [6.45, 7) is 1.86. The molecule has 0 aliphatic rings. The van der Waals surface area contributed by atoms with E-state index in [2.05, 4.69) is 15.0 Å². The van der Waals surface area contributed by atoms with Crippen LogP contribution in [0, 0.1) is 0 Å². The Morgan fingerprint density at radius 2 is 2.75 bits per heavy atom. The van der Waals surface area contributed by atoms with E-state index in [-0.39, 0.29) is 0 Å². The maximum atomic E-state index is 3.92. The normalized spacial score (nSPS) is 10.6. The van der Waals surface area contributed by atoms with Crippen molar-refractivity contribution in [3.63, 3.8) is 0 Å². The van der Waals surface area contributed by atoms with Gasteiger partial charge < -0.3 is 4.98 Å². The molecule has 0 aliphatic carbocycles. The highest BCUT2D eigenvalue weighted by Gasteiger charge is 1.80. The van der Waals surface area contributed by atoms with Crippen molar-refractivity contribution in [3.05, 3.63) is 12.5 Å². The molecule has 0 spiro atoms. The van der Waals surface area contributed by atoms with E-state index in [1.807, 2.05) is 6.92 Å². The minimum Gasteiger partial charge on any atom is -0.330 e. The molecule has 0 atom stereocenters. The van der Waals surface area contributed by atoms with Gasteiger partial charge in [-0.3, -0.25) is 0 Å². The lowest BCUT2D eigenvalue weighted by molar-refractivity contribution is 1.30. The second-order valence-electron chi connectivity index (χ2n) is 1.32. The molecule has 1 aromatic rings. The summed E-state index contributed by atoms with van der Waals surface area (Å²) in [5, 5.41) is 0. The fourth-order valence-electron chi connectivity index (χ4n) is 0.458. The molecular formula is C5H7N3. The smallest absolute Gasteiger partial charge is 0.149 e. The number of aromatic nitrogens is 2. The first-order chi connectivity index (χ1) is 3.93. The van der Waals surface area contributed by atoms with Gasteiger partial charge in [0.2, 0.25) is 0 Å². The first-order valence-electron chi connectivity index (χ1n) is 2.40. The summed E-state index contributed by atoms with van der Waals surface area (Å²) in [4.78, 5) is 10.5. The van der Waals surface area contributed by atoms with Crippen LogP contribution in [0.4, 0.5) is 5.82 Å². The number of aliphatic imine (C=N–C) groups is 1. The van der Waals surface area contributed by atoms with Crippen LogP contribution >= 0.6 is 0 Å². The average molecular weight is 109 g/mol. The highest BCUT2D eigenvalue weighted by atomic mass is 15.0. The van der Waals surface area contributed by atoms with E-state index < -0.39 is 0 Å². The van der Waals surface area contributed by atoms with Crippen LogP contribution in [0.1, 0.15) is 6.92 Å². The maximum Gasteiger partial charge on any atom is 0.149 e. The molecule has 3 nitrogen and oxygen atoms in total. The third kappa shape index (κ3) is 0.932. The fourth-order valence-corrected chi connectivity index (χ4v) is 0.458. The van der Waals surface area contributed by atoms with Crippen molar-refractivity contribution in [2.45, 2.75) is 6.92 Å². The number of imidazole rings is 1. The Morgan fingerprint density at radius 1 is 1.88 bits per heavy atom. The molecule has 0 amide bonds. The molecule has 0 aromatic carbocycles. The Balaban J connectivity index is 2.77. The number of hydrogen-bond acceptors (Lipinski definition) is 2.